The van der Waals surface area contributed by atoms with E-state index in [4.69, 9.17) is 10.6 Å². The lowest BCUT2D eigenvalue weighted by Crippen LogP contribution is -2.33. The molecule has 0 radical (unpaired) electrons. The lowest BCUT2D eigenvalue weighted by atomic mass is 10.1. The molecule has 3 N–H and O–H groups in total. The molecule has 0 bridgehead atoms. The lowest BCUT2D eigenvalue weighted by Gasteiger charge is -2.22. The van der Waals surface area contributed by atoms with Gasteiger partial charge in [0.15, 0.2) is 0 Å². The second-order valence-corrected chi connectivity index (χ2v) is 4.80. The summed E-state index contributed by atoms with van der Waals surface area (Å²) in [5.74, 6) is -0.220. The molecule has 0 aliphatic rings. The number of nitrogens with two attached hydrogens (primary N) is 1. The number of rotatable bonds is 5. The van der Waals surface area contributed by atoms with Crippen LogP contribution in [0.1, 0.15) is 10.4 Å². The van der Waals surface area contributed by atoms with E-state index in [1.807, 2.05) is 48.7 Å². The number of nitrogens with one attached hydrogen (secondary N) is 1. The van der Waals surface area contributed by atoms with Gasteiger partial charge >= 0.3 is 0 Å². The number of carbonyl (C=O) groups excluding carboxylic acids is 1. The minimum Gasteiger partial charge on any atom is -0.361 e. The molecule has 1 aromatic heterocycles. The first-order valence-corrected chi connectivity index (χ1v) is 7.10. The maximum atomic E-state index is 12.8. The monoisotopic (exact) mass is 295 g/mol. The van der Waals surface area contributed by atoms with Crippen LogP contribution in [0.25, 0.3) is 10.9 Å². The van der Waals surface area contributed by atoms with Gasteiger partial charge in [0, 0.05) is 29.2 Å². The van der Waals surface area contributed by atoms with Gasteiger partial charge in [-0.3, -0.25) is 9.63 Å². The number of amides is 1. The second-order valence-electron chi connectivity index (χ2n) is 4.80. The summed E-state index contributed by atoms with van der Waals surface area (Å²) < 4.78 is 0. The summed E-state index contributed by atoms with van der Waals surface area (Å²) in [6, 6.07) is 16.6. The van der Waals surface area contributed by atoms with E-state index < -0.39 is 0 Å². The van der Waals surface area contributed by atoms with Crippen molar-refractivity contribution in [3.63, 3.8) is 0 Å². The van der Waals surface area contributed by atoms with Crippen LogP contribution in [0.2, 0.25) is 0 Å². The Balaban J connectivity index is 2.03. The summed E-state index contributed by atoms with van der Waals surface area (Å²) >= 11 is 0. The van der Waals surface area contributed by atoms with Crippen LogP contribution < -0.4 is 10.8 Å². The first-order chi connectivity index (χ1) is 10.8. The van der Waals surface area contributed by atoms with Crippen LogP contribution in [-0.2, 0) is 4.84 Å². The number of anilines is 1. The van der Waals surface area contributed by atoms with Crippen LogP contribution in [0.3, 0.4) is 0 Å². The number of hydrogen-bond donors (Lipinski definition) is 2. The third-order valence-corrected chi connectivity index (χ3v) is 3.33. The SMILES string of the molecule is NCCON(C(=O)c1ccccc1)c1cccc2[nH]ccc12. The Bertz CT molecular complexity index is 768. The fourth-order valence-corrected chi connectivity index (χ4v) is 2.33. The van der Waals surface area contributed by atoms with Crippen LogP contribution in [-0.4, -0.2) is 24.0 Å². The Morgan fingerprint density at radius 2 is 1.91 bits per heavy atom. The average molecular weight is 295 g/mol. The average Bonchev–Trinajstić information content (AvgIpc) is 3.05. The van der Waals surface area contributed by atoms with Gasteiger partial charge in [-0.2, -0.15) is 5.06 Å². The van der Waals surface area contributed by atoms with Gasteiger partial charge in [0.05, 0.1) is 12.3 Å². The van der Waals surface area contributed by atoms with Crippen molar-refractivity contribution >= 4 is 22.5 Å². The molecular formula is C17H17N3O2. The third kappa shape index (κ3) is 2.72. The van der Waals surface area contributed by atoms with Crippen molar-refractivity contribution in [3.05, 3.63) is 66.4 Å². The summed E-state index contributed by atoms with van der Waals surface area (Å²) in [4.78, 5) is 21.5. The maximum absolute atomic E-state index is 12.8. The molecule has 0 saturated carbocycles. The number of benzene rings is 2. The van der Waals surface area contributed by atoms with Crippen molar-refractivity contribution in [1.82, 2.24) is 4.98 Å². The van der Waals surface area contributed by atoms with Crippen LogP contribution in [0, 0.1) is 0 Å². The molecule has 0 fully saturated rings. The van der Waals surface area contributed by atoms with Crippen molar-refractivity contribution in [2.75, 3.05) is 18.2 Å². The molecule has 1 amide bonds. The molecule has 0 saturated heterocycles. The highest BCUT2D eigenvalue weighted by Crippen LogP contribution is 2.27. The minimum absolute atomic E-state index is 0.220. The molecule has 3 aromatic rings. The maximum Gasteiger partial charge on any atom is 0.282 e. The fraction of sp³-hybridized carbons (Fsp3) is 0.118. The molecule has 112 valence electrons. The third-order valence-electron chi connectivity index (χ3n) is 3.33. The van der Waals surface area contributed by atoms with Crippen molar-refractivity contribution in [2.24, 2.45) is 5.73 Å². The van der Waals surface area contributed by atoms with Crippen LogP contribution in [0.15, 0.2) is 60.8 Å². The number of nitrogens with zero attached hydrogens (tertiary/aromatic N) is 1. The summed E-state index contributed by atoms with van der Waals surface area (Å²) in [5.41, 5.74) is 7.72. The van der Waals surface area contributed by atoms with Gasteiger partial charge in [-0.05, 0) is 30.3 Å². The van der Waals surface area contributed by atoms with Gasteiger partial charge < -0.3 is 10.7 Å². The van der Waals surface area contributed by atoms with Gasteiger partial charge in [-0.1, -0.05) is 24.3 Å². The predicted molar refractivity (Wildman–Crippen MR) is 86.6 cm³/mol. The second kappa shape index (κ2) is 6.43. The highest BCUT2D eigenvalue weighted by atomic mass is 16.7. The fourth-order valence-electron chi connectivity index (χ4n) is 2.33. The quantitative estimate of drug-likeness (QED) is 0.711. The molecule has 5 nitrogen and oxygen atoms in total. The number of fused-ring (bicyclic) bond motifs is 1. The van der Waals surface area contributed by atoms with Gasteiger partial charge in [0.1, 0.15) is 0 Å². The molecule has 0 atom stereocenters. The zero-order valence-corrected chi connectivity index (χ0v) is 12.0. The molecule has 0 spiro atoms. The van der Waals surface area contributed by atoms with Crippen molar-refractivity contribution < 1.29 is 9.63 Å². The molecule has 2 aromatic carbocycles. The van der Waals surface area contributed by atoms with E-state index in [1.165, 1.54) is 5.06 Å². The number of hydroxylamine groups is 1. The Morgan fingerprint density at radius 1 is 1.09 bits per heavy atom. The molecule has 5 heteroatoms. The van der Waals surface area contributed by atoms with Gasteiger partial charge in [-0.15, -0.1) is 0 Å². The zero-order valence-electron chi connectivity index (χ0n) is 12.0. The van der Waals surface area contributed by atoms with Gasteiger partial charge in [0.2, 0.25) is 0 Å². The van der Waals surface area contributed by atoms with Crippen molar-refractivity contribution in [2.45, 2.75) is 0 Å². The van der Waals surface area contributed by atoms with E-state index in [2.05, 4.69) is 4.98 Å². The van der Waals surface area contributed by atoms with E-state index in [-0.39, 0.29) is 12.5 Å². The van der Waals surface area contributed by atoms with Crippen LogP contribution in [0.5, 0.6) is 0 Å². The van der Waals surface area contributed by atoms with Crippen LogP contribution in [0.4, 0.5) is 5.69 Å². The van der Waals surface area contributed by atoms with Crippen molar-refractivity contribution in [3.8, 4) is 0 Å². The Morgan fingerprint density at radius 3 is 2.68 bits per heavy atom. The number of carbonyl (C=O) groups is 1. The number of H-pyrrole nitrogens is 1. The van der Waals surface area contributed by atoms with Crippen molar-refractivity contribution in [1.29, 1.82) is 0 Å². The van der Waals surface area contributed by atoms with Gasteiger partial charge in [0.25, 0.3) is 5.91 Å². The number of aromatic amines is 1. The topological polar surface area (TPSA) is 71.3 Å². The first kappa shape index (κ1) is 14.3. The zero-order chi connectivity index (χ0) is 15.4. The molecule has 0 aliphatic heterocycles. The molecule has 0 unspecified atom stereocenters. The molecule has 22 heavy (non-hydrogen) atoms. The smallest absolute Gasteiger partial charge is 0.282 e. The van der Waals surface area contributed by atoms with Gasteiger partial charge in [-0.25, -0.2) is 0 Å². The Kier molecular flexibility index (Phi) is 4.18. The Hall–Kier alpha value is -2.63. The van der Waals surface area contributed by atoms with E-state index in [0.717, 1.165) is 10.9 Å². The highest BCUT2D eigenvalue weighted by molar-refractivity contribution is 6.09. The minimum atomic E-state index is -0.220. The number of aromatic nitrogens is 1. The molecule has 3 rings (SSSR count). The van der Waals surface area contributed by atoms with Crippen LogP contribution >= 0.6 is 0 Å². The largest absolute Gasteiger partial charge is 0.361 e. The molecule has 0 aliphatic carbocycles. The first-order valence-electron chi connectivity index (χ1n) is 7.10. The molecular weight excluding hydrogens is 278 g/mol. The number of hydrogen-bond acceptors (Lipinski definition) is 3. The van der Waals surface area contributed by atoms with E-state index in [9.17, 15) is 4.79 Å². The normalized spacial score (nSPS) is 10.8. The lowest BCUT2D eigenvalue weighted by molar-refractivity contribution is 0.0669. The van der Waals surface area contributed by atoms with E-state index >= 15 is 0 Å². The van der Waals surface area contributed by atoms with E-state index in [0.29, 0.717) is 17.8 Å². The van der Waals surface area contributed by atoms with E-state index in [1.54, 1.807) is 12.1 Å². The Labute approximate surface area is 128 Å². The summed E-state index contributed by atoms with van der Waals surface area (Å²) in [7, 11) is 0. The standard InChI is InChI=1S/C17H17N3O2/c18-10-12-22-20(17(21)13-5-2-1-3-6-13)16-8-4-7-15-14(16)9-11-19-15/h1-9,11,19H,10,12,18H2. The highest BCUT2D eigenvalue weighted by Gasteiger charge is 2.20. The summed E-state index contributed by atoms with van der Waals surface area (Å²) in [6.45, 7) is 0.598. The summed E-state index contributed by atoms with van der Waals surface area (Å²) in [6.07, 6.45) is 1.84. The molecule has 1 heterocycles. The summed E-state index contributed by atoms with van der Waals surface area (Å²) in [5, 5.41) is 2.24. The predicted octanol–water partition coefficient (Wildman–Crippen LogP) is 2.71.